The Morgan fingerprint density at radius 1 is 0.818 bits per heavy atom. The molecule has 1 N–H and O–H groups in total. The number of amides is 1. The van der Waals surface area contributed by atoms with E-state index in [2.05, 4.69) is 5.32 Å². The first-order chi connectivity index (χ1) is 10.7. The lowest BCUT2D eigenvalue weighted by atomic mass is 10.1. The normalized spacial score (nSPS) is 9.82. The Morgan fingerprint density at radius 2 is 1.36 bits per heavy atom. The van der Waals surface area contributed by atoms with Gasteiger partial charge in [-0.05, 0) is 12.1 Å². The molecule has 0 fully saturated rings. The highest BCUT2D eigenvalue weighted by Gasteiger charge is 2.11. The molecule has 5 nitrogen and oxygen atoms in total. The van der Waals surface area contributed by atoms with Crippen LogP contribution in [0.5, 0.6) is 0 Å². The number of nitrogens with one attached hydrogen (secondary N) is 1. The highest BCUT2D eigenvalue weighted by Crippen LogP contribution is 2.00. The fraction of sp³-hybridized carbons (Fsp3) is 0.118. The first-order valence-corrected chi connectivity index (χ1v) is 6.74. The SMILES string of the molecule is O=C(CNC(=O)c1ccccc1)OCC(=O)c1ccccc1. The van der Waals surface area contributed by atoms with E-state index in [1.807, 2.05) is 0 Å². The lowest BCUT2D eigenvalue weighted by Gasteiger charge is -2.06. The number of benzene rings is 2. The van der Waals surface area contributed by atoms with Crippen LogP contribution in [0.25, 0.3) is 0 Å². The van der Waals surface area contributed by atoms with Gasteiger partial charge in [0.05, 0.1) is 0 Å². The number of hydrogen-bond donors (Lipinski definition) is 1. The second-order valence-corrected chi connectivity index (χ2v) is 4.50. The molecule has 0 unspecified atom stereocenters. The van der Waals surface area contributed by atoms with Crippen molar-refractivity contribution in [3.05, 3.63) is 71.8 Å². The molecule has 0 aliphatic heterocycles. The molecular formula is C17H15NO4. The van der Waals surface area contributed by atoms with Gasteiger partial charge in [-0.15, -0.1) is 0 Å². The summed E-state index contributed by atoms with van der Waals surface area (Å²) in [6.07, 6.45) is 0. The Morgan fingerprint density at radius 3 is 1.95 bits per heavy atom. The second-order valence-electron chi connectivity index (χ2n) is 4.50. The Labute approximate surface area is 127 Å². The van der Waals surface area contributed by atoms with Gasteiger partial charge >= 0.3 is 5.97 Å². The zero-order valence-electron chi connectivity index (χ0n) is 11.8. The van der Waals surface area contributed by atoms with E-state index >= 15 is 0 Å². The molecule has 1 amide bonds. The molecule has 0 aliphatic carbocycles. The smallest absolute Gasteiger partial charge is 0.325 e. The molecule has 0 heterocycles. The molecule has 0 aliphatic rings. The minimum absolute atomic E-state index is 0.282. The van der Waals surface area contributed by atoms with Gasteiger partial charge in [0.15, 0.2) is 12.4 Å². The molecule has 0 aromatic heterocycles. The predicted molar refractivity (Wildman–Crippen MR) is 80.5 cm³/mol. The van der Waals surface area contributed by atoms with Crippen molar-refractivity contribution in [1.82, 2.24) is 5.32 Å². The molecule has 0 spiro atoms. The molecule has 5 heteroatoms. The van der Waals surface area contributed by atoms with E-state index in [9.17, 15) is 14.4 Å². The molecular weight excluding hydrogens is 282 g/mol. The maximum Gasteiger partial charge on any atom is 0.325 e. The van der Waals surface area contributed by atoms with E-state index in [4.69, 9.17) is 4.74 Å². The van der Waals surface area contributed by atoms with Gasteiger partial charge in [0.25, 0.3) is 5.91 Å². The van der Waals surface area contributed by atoms with Gasteiger partial charge < -0.3 is 10.1 Å². The molecule has 112 valence electrons. The fourth-order valence-corrected chi connectivity index (χ4v) is 1.75. The Kier molecular flexibility index (Phi) is 5.43. The van der Waals surface area contributed by atoms with E-state index in [-0.39, 0.29) is 24.8 Å². The van der Waals surface area contributed by atoms with Crippen LogP contribution in [-0.4, -0.2) is 30.8 Å². The van der Waals surface area contributed by atoms with Gasteiger partial charge in [0, 0.05) is 11.1 Å². The number of carbonyl (C=O) groups excluding carboxylic acids is 3. The first kappa shape index (κ1) is 15.4. The van der Waals surface area contributed by atoms with Crippen molar-refractivity contribution in [1.29, 1.82) is 0 Å². The largest absolute Gasteiger partial charge is 0.456 e. The summed E-state index contributed by atoms with van der Waals surface area (Å²) in [6.45, 7) is -0.625. The summed E-state index contributed by atoms with van der Waals surface area (Å²) in [7, 11) is 0. The number of Topliss-reactive ketones (excluding diaryl/α,β-unsaturated/α-hetero) is 1. The van der Waals surface area contributed by atoms with E-state index in [0.29, 0.717) is 11.1 Å². The van der Waals surface area contributed by atoms with E-state index in [1.54, 1.807) is 60.7 Å². The molecule has 0 bridgehead atoms. The average molecular weight is 297 g/mol. The van der Waals surface area contributed by atoms with Crippen molar-refractivity contribution in [2.45, 2.75) is 0 Å². The maximum atomic E-state index is 11.7. The number of carbonyl (C=O) groups is 3. The van der Waals surface area contributed by atoms with Gasteiger partial charge in [-0.2, -0.15) is 0 Å². The molecule has 0 atom stereocenters. The minimum atomic E-state index is -0.659. The number of hydrogen-bond acceptors (Lipinski definition) is 4. The third-order valence-electron chi connectivity index (χ3n) is 2.89. The third-order valence-corrected chi connectivity index (χ3v) is 2.89. The summed E-state index contributed by atoms with van der Waals surface area (Å²) in [5.41, 5.74) is 0.930. The topological polar surface area (TPSA) is 72.5 Å². The van der Waals surface area contributed by atoms with Crippen LogP contribution in [0.15, 0.2) is 60.7 Å². The second kappa shape index (κ2) is 7.73. The molecule has 22 heavy (non-hydrogen) atoms. The van der Waals surface area contributed by atoms with Crippen LogP contribution in [0.1, 0.15) is 20.7 Å². The van der Waals surface area contributed by atoms with Crippen molar-refractivity contribution in [3.63, 3.8) is 0 Å². The van der Waals surface area contributed by atoms with Crippen LogP contribution in [0.3, 0.4) is 0 Å². The molecule has 0 radical (unpaired) electrons. The summed E-state index contributed by atoms with van der Waals surface area (Å²) < 4.78 is 4.84. The Bertz CT molecular complexity index is 595. The molecule has 0 saturated heterocycles. The van der Waals surface area contributed by atoms with E-state index in [1.165, 1.54) is 0 Å². The van der Waals surface area contributed by atoms with Crippen LogP contribution in [0, 0.1) is 0 Å². The first-order valence-electron chi connectivity index (χ1n) is 6.74. The van der Waals surface area contributed by atoms with Crippen LogP contribution in [0.4, 0.5) is 0 Å². The van der Waals surface area contributed by atoms with Crippen molar-refractivity contribution in [2.24, 2.45) is 0 Å². The molecule has 2 rings (SSSR count). The van der Waals surface area contributed by atoms with Gasteiger partial charge in [-0.1, -0.05) is 48.5 Å². The number of esters is 1. The molecule has 0 saturated carbocycles. The Hall–Kier alpha value is -2.95. The van der Waals surface area contributed by atoms with Crippen LogP contribution >= 0.6 is 0 Å². The average Bonchev–Trinajstić information content (AvgIpc) is 2.59. The predicted octanol–water partition coefficient (Wildman–Crippen LogP) is 1.84. The zero-order valence-corrected chi connectivity index (χ0v) is 11.8. The lowest BCUT2D eigenvalue weighted by Crippen LogP contribution is -2.31. The summed E-state index contributed by atoms with van der Waals surface area (Å²) in [5, 5.41) is 2.44. The van der Waals surface area contributed by atoms with E-state index in [0.717, 1.165) is 0 Å². The van der Waals surface area contributed by atoms with Gasteiger partial charge in [0.2, 0.25) is 0 Å². The zero-order chi connectivity index (χ0) is 15.8. The fourth-order valence-electron chi connectivity index (χ4n) is 1.75. The van der Waals surface area contributed by atoms with Crippen molar-refractivity contribution < 1.29 is 19.1 Å². The van der Waals surface area contributed by atoms with Gasteiger partial charge in [-0.25, -0.2) is 0 Å². The number of rotatable bonds is 6. The highest BCUT2D eigenvalue weighted by molar-refractivity contribution is 5.98. The van der Waals surface area contributed by atoms with Crippen molar-refractivity contribution in [3.8, 4) is 0 Å². The van der Waals surface area contributed by atoms with Crippen molar-refractivity contribution in [2.75, 3.05) is 13.2 Å². The standard InChI is InChI=1S/C17H15NO4/c19-15(13-7-3-1-4-8-13)12-22-16(20)11-18-17(21)14-9-5-2-6-10-14/h1-10H,11-12H2,(H,18,21). The van der Waals surface area contributed by atoms with Crippen LogP contribution < -0.4 is 5.32 Å². The quantitative estimate of drug-likeness (QED) is 0.652. The third kappa shape index (κ3) is 4.56. The lowest BCUT2D eigenvalue weighted by molar-refractivity contribution is -0.141. The van der Waals surface area contributed by atoms with Gasteiger partial charge in [-0.3, -0.25) is 14.4 Å². The van der Waals surface area contributed by atoms with Crippen LogP contribution in [-0.2, 0) is 9.53 Å². The Balaban J connectivity index is 1.74. The number of ether oxygens (including phenoxy) is 1. The highest BCUT2D eigenvalue weighted by atomic mass is 16.5. The molecule has 2 aromatic rings. The van der Waals surface area contributed by atoms with E-state index < -0.39 is 5.97 Å². The number of ketones is 1. The van der Waals surface area contributed by atoms with Crippen LogP contribution in [0.2, 0.25) is 0 Å². The summed E-state index contributed by atoms with van der Waals surface area (Å²) in [6, 6.07) is 17.1. The van der Waals surface area contributed by atoms with Gasteiger partial charge in [0.1, 0.15) is 6.54 Å². The summed E-state index contributed by atoms with van der Waals surface area (Å²) >= 11 is 0. The van der Waals surface area contributed by atoms with Crippen molar-refractivity contribution >= 4 is 17.7 Å². The summed E-state index contributed by atoms with van der Waals surface area (Å²) in [5.74, 6) is -1.32. The maximum absolute atomic E-state index is 11.7. The molecule has 2 aromatic carbocycles. The summed E-state index contributed by atoms with van der Waals surface area (Å²) in [4.78, 5) is 35.0. The monoisotopic (exact) mass is 297 g/mol. The minimum Gasteiger partial charge on any atom is -0.456 e.